The van der Waals surface area contributed by atoms with E-state index in [9.17, 15) is 10.1 Å². The van der Waals surface area contributed by atoms with E-state index in [1.54, 1.807) is 0 Å². The lowest BCUT2D eigenvalue weighted by Crippen LogP contribution is -2.35. The van der Waals surface area contributed by atoms with E-state index >= 15 is 0 Å². The molecule has 0 radical (unpaired) electrons. The van der Waals surface area contributed by atoms with Crippen molar-refractivity contribution in [2.24, 2.45) is 0 Å². The maximum absolute atomic E-state index is 12.2. The summed E-state index contributed by atoms with van der Waals surface area (Å²) < 4.78 is 0. The summed E-state index contributed by atoms with van der Waals surface area (Å²) in [5, 5.41) is 13.2. The minimum absolute atomic E-state index is 0.0449. The third kappa shape index (κ3) is 4.71. The summed E-state index contributed by atoms with van der Waals surface area (Å²) in [6, 6.07) is 2.55. The predicted octanol–water partition coefficient (Wildman–Crippen LogP) is 3.81. The molecule has 1 aliphatic carbocycles. The SMILES string of the molecule is Cc1nc(SCC(=O)NC2CCCCCC2)c(C#N)c(C)c1C. The molecule has 1 aliphatic rings. The van der Waals surface area contributed by atoms with Gasteiger partial charge in [0.15, 0.2) is 0 Å². The van der Waals surface area contributed by atoms with Crippen molar-refractivity contribution < 1.29 is 4.79 Å². The average Bonchev–Trinajstić information content (AvgIpc) is 2.79. The summed E-state index contributed by atoms with van der Waals surface area (Å²) in [5.74, 6) is 0.364. The molecule has 0 aliphatic heterocycles. The van der Waals surface area contributed by atoms with Crippen molar-refractivity contribution in [3.05, 3.63) is 22.4 Å². The van der Waals surface area contributed by atoms with Gasteiger partial charge in [-0.2, -0.15) is 5.26 Å². The summed E-state index contributed by atoms with van der Waals surface area (Å²) in [7, 11) is 0. The first kappa shape index (κ1) is 17.8. The molecule has 1 heterocycles. The van der Waals surface area contributed by atoms with Crippen LogP contribution in [-0.2, 0) is 4.79 Å². The number of aryl methyl sites for hydroxylation is 1. The van der Waals surface area contributed by atoms with Crippen LogP contribution in [0.5, 0.6) is 0 Å². The van der Waals surface area contributed by atoms with Crippen LogP contribution in [0.25, 0.3) is 0 Å². The lowest BCUT2D eigenvalue weighted by Gasteiger charge is -2.16. The zero-order valence-electron chi connectivity index (χ0n) is 14.2. The van der Waals surface area contributed by atoms with E-state index < -0.39 is 0 Å². The van der Waals surface area contributed by atoms with Crippen LogP contribution in [0.15, 0.2) is 5.03 Å². The third-order valence-corrected chi connectivity index (χ3v) is 5.61. The van der Waals surface area contributed by atoms with Gasteiger partial charge >= 0.3 is 0 Å². The Morgan fingerprint density at radius 2 is 1.87 bits per heavy atom. The summed E-state index contributed by atoms with van der Waals surface area (Å²) in [6.07, 6.45) is 7.13. The van der Waals surface area contributed by atoms with Gasteiger partial charge in [-0.05, 0) is 44.7 Å². The van der Waals surface area contributed by atoms with E-state index in [1.807, 2.05) is 20.8 Å². The van der Waals surface area contributed by atoms with Crippen molar-refractivity contribution in [3.8, 4) is 6.07 Å². The molecule has 0 aromatic carbocycles. The molecule has 1 amide bonds. The molecule has 0 atom stereocenters. The fraction of sp³-hybridized carbons (Fsp3) is 0.611. The first-order valence-electron chi connectivity index (χ1n) is 8.33. The number of nitrogens with one attached hydrogen (secondary N) is 1. The Kier molecular flexibility index (Phi) is 6.47. The molecule has 124 valence electrons. The maximum Gasteiger partial charge on any atom is 0.230 e. The molecule has 1 saturated carbocycles. The van der Waals surface area contributed by atoms with Gasteiger partial charge < -0.3 is 5.32 Å². The Labute approximate surface area is 143 Å². The predicted molar refractivity (Wildman–Crippen MR) is 93.5 cm³/mol. The van der Waals surface area contributed by atoms with Gasteiger partial charge in [-0.3, -0.25) is 4.79 Å². The first-order chi connectivity index (χ1) is 11.0. The number of nitrogens with zero attached hydrogens (tertiary/aromatic N) is 2. The van der Waals surface area contributed by atoms with Crippen LogP contribution in [-0.4, -0.2) is 22.7 Å². The lowest BCUT2D eigenvalue weighted by atomic mass is 10.1. The fourth-order valence-electron chi connectivity index (χ4n) is 2.97. The average molecular weight is 331 g/mol. The first-order valence-corrected chi connectivity index (χ1v) is 9.31. The molecule has 1 N–H and O–H groups in total. The Bertz CT molecular complexity index is 614. The Hall–Kier alpha value is -1.54. The number of hydrogen-bond donors (Lipinski definition) is 1. The Morgan fingerprint density at radius 3 is 2.48 bits per heavy atom. The molecule has 23 heavy (non-hydrogen) atoms. The number of rotatable bonds is 4. The molecule has 0 spiro atoms. The van der Waals surface area contributed by atoms with Crippen LogP contribution < -0.4 is 5.32 Å². The van der Waals surface area contributed by atoms with E-state index in [1.165, 1.54) is 37.4 Å². The largest absolute Gasteiger partial charge is 0.353 e. The number of hydrogen-bond acceptors (Lipinski definition) is 4. The highest BCUT2D eigenvalue weighted by Gasteiger charge is 2.17. The van der Waals surface area contributed by atoms with Crippen LogP contribution in [0.1, 0.15) is 60.9 Å². The highest BCUT2D eigenvalue weighted by atomic mass is 32.2. The number of aromatic nitrogens is 1. The smallest absolute Gasteiger partial charge is 0.230 e. The fourth-order valence-corrected chi connectivity index (χ4v) is 3.87. The third-order valence-electron chi connectivity index (χ3n) is 4.64. The van der Waals surface area contributed by atoms with Gasteiger partial charge in [0.25, 0.3) is 0 Å². The molecule has 4 nitrogen and oxygen atoms in total. The van der Waals surface area contributed by atoms with E-state index in [4.69, 9.17) is 0 Å². The molecule has 1 aromatic rings. The van der Waals surface area contributed by atoms with Gasteiger partial charge in [0.05, 0.1) is 11.3 Å². The zero-order chi connectivity index (χ0) is 16.8. The number of carbonyl (C=O) groups is 1. The summed E-state index contributed by atoms with van der Waals surface area (Å²) in [5.41, 5.74) is 3.54. The quantitative estimate of drug-likeness (QED) is 0.673. The minimum atomic E-state index is 0.0449. The molecule has 5 heteroatoms. The molecular formula is C18H25N3OS. The van der Waals surface area contributed by atoms with Crippen molar-refractivity contribution >= 4 is 17.7 Å². The second-order valence-corrected chi connectivity index (χ2v) is 7.25. The van der Waals surface area contributed by atoms with Crippen molar-refractivity contribution in [1.82, 2.24) is 10.3 Å². The minimum Gasteiger partial charge on any atom is -0.353 e. The Morgan fingerprint density at radius 1 is 1.22 bits per heavy atom. The number of nitriles is 1. The van der Waals surface area contributed by atoms with Crippen molar-refractivity contribution in [1.29, 1.82) is 5.26 Å². The van der Waals surface area contributed by atoms with Gasteiger partial charge in [-0.25, -0.2) is 4.98 Å². The molecule has 0 bridgehead atoms. The van der Waals surface area contributed by atoms with Crippen molar-refractivity contribution in [3.63, 3.8) is 0 Å². The molecule has 0 saturated heterocycles. The lowest BCUT2D eigenvalue weighted by molar-refractivity contribution is -0.119. The van der Waals surface area contributed by atoms with E-state index in [2.05, 4.69) is 16.4 Å². The molecule has 0 unspecified atom stereocenters. The van der Waals surface area contributed by atoms with Gasteiger partial charge in [0.2, 0.25) is 5.91 Å². The second-order valence-electron chi connectivity index (χ2n) is 6.28. The van der Waals surface area contributed by atoms with Gasteiger partial charge in [-0.1, -0.05) is 37.4 Å². The summed E-state index contributed by atoms with van der Waals surface area (Å²) in [6.45, 7) is 5.86. The van der Waals surface area contributed by atoms with E-state index in [0.29, 0.717) is 22.4 Å². The monoisotopic (exact) mass is 331 g/mol. The number of carbonyl (C=O) groups excluding carboxylic acids is 1. The highest BCUT2D eigenvalue weighted by Crippen LogP contribution is 2.26. The molecule has 1 fully saturated rings. The molecule has 2 rings (SSSR count). The van der Waals surface area contributed by atoms with E-state index in [-0.39, 0.29) is 5.91 Å². The van der Waals surface area contributed by atoms with Crippen molar-refractivity contribution in [2.45, 2.75) is 70.4 Å². The number of pyridine rings is 1. The van der Waals surface area contributed by atoms with Crippen molar-refractivity contribution in [2.75, 3.05) is 5.75 Å². The molecule has 1 aromatic heterocycles. The van der Waals surface area contributed by atoms with Crippen LogP contribution in [0.2, 0.25) is 0 Å². The van der Waals surface area contributed by atoms with E-state index in [0.717, 1.165) is 29.7 Å². The summed E-state index contributed by atoms with van der Waals surface area (Å²) >= 11 is 1.36. The van der Waals surface area contributed by atoms with Crippen LogP contribution in [0, 0.1) is 32.1 Å². The normalized spacial score (nSPS) is 15.7. The van der Waals surface area contributed by atoms with Gasteiger partial charge in [-0.15, -0.1) is 0 Å². The summed E-state index contributed by atoms with van der Waals surface area (Å²) in [4.78, 5) is 16.7. The molecular weight excluding hydrogens is 306 g/mol. The standard InChI is InChI=1S/C18H25N3OS/c1-12-13(2)16(10-19)18(20-14(12)3)23-11-17(22)21-15-8-6-4-5-7-9-15/h15H,4-9,11H2,1-3H3,(H,21,22). The number of thioether (sulfide) groups is 1. The second kappa shape index (κ2) is 8.35. The number of amides is 1. The van der Waals surface area contributed by atoms with Gasteiger partial charge in [0, 0.05) is 11.7 Å². The van der Waals surface area contributed by atoms with Crippen LogP contribution >= 0.6 is 11.8 Å². The highest BCUT2D eigenvalue weighted by molar-refractivity contribution is 8.00. The topological polar surface area (TPSA) is 65.8 Å². The van der Waals surface area contributed by atoms with Crippen LogP contribution in [0.4, 0.5) is 0 Å². The van der Waals surface area contributed by atoms with Crippen LogP contribution in [0.3, 0.4) is 0 Å². The van der Waals surface area contributed by atoms with Gasteiger partial charge in [0.1, 0.15) is 11.1 Å². The zero-order valence-corrected chi connectivity index (χ0v) is 15.1. The Balaban J connectivity index is 1.97. The maximum atomic E-state index is 12.2.